The molecule has 2 aromatic rings. The highest BCUT2D eigenvalue weighted by molar-refractivity contribution is 8.01. The zero-order valence-electron chi connectivity index (χ0n) is 19.5. The van der Waals surface area contributed by atoms with Gasteiger partial charge in [0.2, 0.25) is 11.8 Å². The number of aromatic nitrogens is 1. The molecule has 182 valence electrons. The van der Waals surface area contributed by atoms with Crippen molar-refractivity contribution in [3.63, 3.8) is 0 Å². The van der Waals surface area contributed by atoms with Gasteiger partial charge in [0.15, 0.2) is 4.34 Å². The second-order valence-electron chi connectivity index (χ2n) is 8.02. The number of phenolic OH excluding ortho intramolecular Hbond substituents is 2. The minimum absolute atomic E-state index is 0.0563. The van der Waals surface area contributed by atoms with Gasteiger partial charge < -0.3 is 20.8 Å². The van der Waals surface area contributed by atoms with Crippen LogP contribution < -0.4 is 10.6 Å². The van der Waals surface area contributed by atoms with Crippen molar-refractivity contribution in [1.82, 2.24) is 10.3 Å². The second kappa shape index (κ2) is 14.8. The van der Waals surface area contributed by atoms with E-state index in [1.54, 1.807) is 12.4 Å². The van der Waals surface area contributed by atoms with Gasteiger partial charge in [-0.3, -0.25) is 9.59 Å². The highest BCUT2D eigenvalue weighted by Crippen LogP contribution is 2.41. The molecule has 9 heteroatoms. The number of hydrogen-bond donors (Lipinski definition) is 4. The van der Waals surface area contributed by atoms with Gasteiger partial charge in [-0.05, 0) is 12.5 Å². The number of hydrogen-bond acceptors (Lipinski definition) is 7. The van der Waals surface area contributed by atoms with Crippen LogP contribution in [0.25, 0.3) is 0 Å². The third kappa shape index (κ3) is 10.0. The molecule has 1 aromatic heterocycles. The van der Waals surface area contributed by atoms with Crippen molar-refractivity contribution in [1.29, 1.82) is 0 Å². The molecule has 0 spiro atoms. The van der Waals surface area contributed by atoms with Gasteiger partial charge in [0.25, 0.3) is 0 Å². The average molecular weight is 494 g/mol. The Labute approximate surface area is 204 Å². The molecule has 2 amide bonds. The van der Waals surface area contributed by atoms with Crippen LogP contribution >= 0.6 is 23.1 Å². The van der Waals surface area contributed by atoms with E-state index < -0.39 is 0 Å². The van der Waals surface area contributed by atoms with Crippen molar-refractivity contribution in [2.24, 2.45) is 0 Å². The molecule has 7 nitrogen and oxygen atoms in total. The van der Waals surface area contributed by atoms with Crippen LogP contribution in [0.5, 0.6) is 11.5 Å². The molecule has 0 fully saturated rings. The van der Waals surface area contributed by atoms with Crippen LogP contribution in [0.15, 0.2) is 26.7 Å². The lowest BCUT2D eigenvalue weighted by atomic mass is 10.1. The smallest absolute Gasteiger partial charge is 0.225 e. The van der Waals surface area contributed by atoms with E-state index in [4.69, 9.17) is 0 Å². The van der Waals surface area contributed by atoms with Crippen molar-refractivity contribution < 1.29 is 19.8 Å². The molecule has 0 saturated carbocycles. The maximum Gasteiger partial charge on any atom is 0.225 e. The van der Waals surface area contributed by atoms with Crippen molar-refractivity contribution in [3.8, 4) is 11.5 Å². The molecule has 2 rings (SSSR count). The summed E-state index contributed by atoms with van der Waals surface area (Å²) in [5, 5.41) is 27.7. The number of nitrogens with one attached hydrogen (secondary N) is 2. The first kappa shape index (κ1) is 27.0. The number of carbonyl (C=O) groups excluding carboxylic acids is 2. The molecule has 1 aromatic carbocycles. The zero-order chi connectivity index (χ0) is 24.1. The molecule has 0 radical (unpaired) electrons. The Hall–Kier alpha value is -2.26. The maximum absolute atomic E-state index is 12.2. The SMILES string of the molecule is CCCCCCCCCCCC(=O)Nc1cc(O)c(Sc2nc(CC(=O)NC)cs2)cc1O. The molecule has 0 aliphatic carbocycles. The first-order chi connectivity index (χ1) is 15.9. The summed E-state index contributed by atoms with van der Waals surface area (Å²) < 4.78 is 0.644. The number of unbranched alkanes of at least 4 members (excludes halogenated alkanes) is 8. The van der Waals surface area contributed by atoms with Gasteiger partial charge in [0, 0.05) is 24.9 Å². The number of amides is 2. The summed E-state index contributed by atoms with van der Waals surface area (Å²) in [5.41, 5.74) is 0.836. The summed E-state index contributed by atoms with van der Waals surface area (Å²) in [7, 11) is 1.57. The fourth-order valence-electron chi connectivity index (χ4n) is 3.31. The van der Waals surface area contributed by atoms with Crippen LogP contribution in [-0.4, -0.2) is 34.1 Å². The Kier molecular flexibility index (Phi) is 12.1. The summed E-state index contributed by atoms with van der Waals surface area (Å²) in [4.78, 5) is 28.5. The Bertz CT molecular complexity index is 902. The Balaban J connectivity index is 1.77. The molecule has 0 bridgehead atoms. The lowest BCUT2D eigenvalue weighted by Gasteiger charge is -2.10. The van der Waals surface area contributed by atoms with Gasteiger partial charge in [-0.1, -0.05) is 70.1 Å². The van der Waals surface area contributed by atoms with E-state index in [1.807, 2.05) is 0 Å². The van der Waals surface area contributed by atoms with Crippen molar-refractivity contribution in [3.05, 3.63) is 23.2 Å². The minimum Gasteiger partial charge on any atom is -0.507 e. The molecular weight excluding hydrogens is 458 g/mol. The van der Waals surface area contributed by atoms with Crippen LogP contribution in [0.1, 0.15) is 76.8 Å². The van der Waals surface area contributed by atoms with E-state index in [0.717, 1.165) is 19.3 Å². The Morgan fingerprint density at radius 1 is 0.970 bits per heavy atom. The summed E-state index contributed by atoms with van der Waals surface area (Å²) >= 11 is 2.55. The highest BCUT2D eigenvalue weighted by Gasteiger charge is 2.14. The van der Waals surface area contributed by atoms with E-state index in [1.165, 1.54) is 73.8 Å². The predicted octanol–water partition coefficient (Wildman–Crippen LogP) is 5.85. The molecule has 33 heavy (non-hydrogen) atoms. The number of benzene rings is 1. The molecule has 1 heterocycles. The molecule has 0 atom stereocenters. The van der Waals surface area contributed by atoms with Crippen molar-refractivity contribution >= 4 is 40.6 Å². The number of aromatic hydroxyl groups is 2. The number of thiazole rings is 1. The van der Waals surface area contributed by atoms with Gasteiger partial charge in [-0.15, -0.1) is 11.3 Å². The van der Waals surface area contributed by atoms with E-state index in [-0.39, 0.29) is 35.4 Å². The third-order valence-corrected chi connectivity index (χ3v) is 7.24. The highest BCUT2D eigenvalue weighted by atomic mass is 32.2. The summed E-state index contributed by atoms with van der Waals surface area (Å²) in [6.07, 6.45) is 11.2. The van der Waals surface area contributed by atoms with E-state index in [0.29, 0.717) is 21.3 Å². The van der Waals surface area contributed by atoms with Crippen molar-refractivity contribution in [2.75, 3.05) is 12.4 Å². The lowest BCUT2D eigenvalue weighted by molar-refractivity contribution is -0.120. The summed E-state index contributed by atoms with van der Waals surface area (Å²) in [5.74, 6) is -0.469. The number of rotatable bonds is 15. The van der Waals surface area contributed by atoms with E-state index in [9.17, 15) is 19.8 Å². The normalized spacial score (nSPS) is 10.8. The zero-order valence-corrected chi connectivity index (χ0v) is 21.1. The second-order valence-corrected chi connectivity index (χ2v) is 10.2. The molecule has 0 aliphatic rings. The number of likely N-dealkylation sites (N-methyl/N-ethyl adjacent to an activating group) is 1. The van der Waals surface area contributed by atoms with Crippen LogP contribution in [0, 0.1) is 0 Å². The topological polar surface area (TPSA) is 112 Å². The Morgan fingerprint density at radius 3 is 2.30 bits per heavy atom. The minimum atomic E-state index is -0.174. The number of anilines is 1. The first-order valence-corrected chi connectivity index (χ1v) is 13.3. The molecule has 4 N–H and O–H groups in total. The van der Waals surface area contributed by atoms with E-state index in [2.05, 4.69) is 22.5 Å². The van der Waals surface area contributed by atoms with Crippen LogP contribution in [0.4, 0.5) is 5.69 Å². The Morgan fingerprint density at radius 2 is 1.64 bits per heavy atom. The quantitative estimate of drug-likeness (QED) is 0.141. The standard InChI is InChI=1S/C24H35N3O4S2/c1-3-4-5-6-7-8-9-10-11-12-22(30)27-18-14-20(29)21(15-19(18)28)33-24-26-17(16-32-24)13-23(31)25-2/h14-16,28-29H,3-13H2,1-2H3,(H,25,31)(H,27,30). The van der Waals surface area contributed by atoms with Gasteiger partial charge in [-0.25, -0.2) is 4.98 Å². The summed E-state index contributed by atoms with van der Waals surface area (Å²) in [6, 6.07) is 2.76. The number of phenols is 2. The molecule has 0 saturated heterocycles. The fraction of sp³-hybridized carbons (Fsp3) is 0.542. The predicted molar refractivity (Wildman–Crippen MR) is 134 cm³/mol. The van der Waals surface area contributed by atoms with Crippen molar-refractivity contribution in [2.45, 2.75) is 86.8 Å². The van der Waals surface area contributed by atoms with Gasteiger partial charge in [-0.2, -0.15) is 0 Å². The van der Waals surface area contributed by atoms with Gasteiger partial charge in [0.05, 0.1) is 22.7 Å². The number of carbonyl (C=O) groups is 2. The van der Waals surface area contributed by atoms with Gasteiger partial charge in [0.1, 0.15) is 11.5 Å². The lowest BCUT2D eigenvalue weighted by Crippen LogP contribution is -2.19. The van der Waals surface area contributed by atoms with Crippen LogP contribution in [-0.2, 0) is 16.0 Å². The first-order valence-electron chi connectivity index (χ1n) is 11.6. The largest absolute Gasteiger partial charge is 0.507 e. The molecule has 0 aliphatic heterocycles. The summed E-state index contributed by atoms with van der Waals surface area (Å²) in [6.45, 7) is 2.22. The third-order valence-electron chi connectivity index (χ3n) is 5.21. The number of nitrogens with zero attached hydrogens (tertiary/aromatic N) is 1. The average Bonchev–Trinajstić information content (AvgIpc) is 3.22. The molecule has 0 unspecified atom stereocenters. The van der Waals surface area contributed by atoms with Crippen LogP contribution in [0.2, 0.25) is 0 Å². The maximum atomic E-state index is 12.2. The van der Waals surface area contributed by atoms with Crippen LogP contribution in [0.3, 0.4) is 0 Å². The molecular formula is C24H35N3O4S2. The van der Waals surface area contributed by atoms with E-state index >= 15 is 0 Å². The van der Waals surface area contributed by atoms with Gasteiger partial charge >= 0.3 is 0 Å². The monoisotopic (exact) mass is 493 g/mol. The fourth-order valence-corrected chi connectivity index (χ4v) is 5.15.